The van der Waals surface area contributed by atoms with Crippen LogP contribution >= 0.6 is 0 Å². The van der Waals surface area contributed by atoms with E-state index in [9.17, 15) is 85.6 Å². The average molecular weight is 1240 g/mol. The standard InChI is InChI=1S/C59H66O29/c1-77-36-23-31(11-19-35(36)65)14-22-43(68)83-51-39(26-62)81-58(88-59(28-79-42(67)21-13-30-9-17-34(64)18-10-30)54(46(71)38(25-61)87-59)86-55(76)32-5-3-2-4-6-32)53(85-56-49(74)47(72)44(69)37(24-60)80-56)52(51)84-57-50(75)48(73)45(70)40(82-57)27-78-41(66)20-12-29-7-15-33(63)16-8-29/h2-23,37-40,44-54,56-58,60-65,69-75H,24-28H2,1H3. The third-order valence-electron chi connectivity index (χ3n) is 14.4. The van der Waals surface area contributed by atoms with Crippen LogP contribution in [-0.2, 0) is 66.5 Å². The van der Waals surface area contributed by atoms with E-state index in [2.05, 4.69) is 0 Å². The first kappa shape index (κ1) is 66.5. The summed E-state index contributed by atoms with van der Waals surface area (Å²) in [5, 5.41) is 141. The highest BCUT2D eigenvalue weighted by molar-refractivity contribution is 5.90. The Labute approximate surface area is 500 Å². The maximum Gasteiger partial charge on any atom is 0.338 e. The van der Waals surface area contributed by atoms with Crippen LogP contribution in [0.5, 0.6) is 23.0 Å². The molecule has 4 aliphatic rings. The lowest BCUT2D eigenvalue weighted by atomic mass is 9.95. The molecule has 88 heavy (non-hydrogen) atoms. The number of phenolic OH excluding ortho intramolecular Hbond substituents is 3. The summed E-state index contributed by atoms with van der Waals surface area (Å²) in [7, 11) is 1.27. The topological polar surface area (TPSA) is 442 Å². The van der Waals surface area contributed by atoms with Crippen LogP contribution in [0.25, 0.3) is 18.2 Å². The molecule has 476 valence electrons. The van der Waals surface area contributed by atoms with E-state index in [-0.39, 0.29) is 34.1 Å². The summed E-state index contributed by atoms with van der Waals surface area (Å²) in [5.41, 5.74) is 0.992. The van der Waals surface area contributed by atoms with Gasteiger partial charge in [0, 0.05) is 18.2 Å². The van der Waals surface area contributed by atoms with Crippen LogP contribution in [0.2, 0.25) is 0 Å². The van der Waals surface area contributed by atoms with Crippen LogP contribution in [0.3, 0.4) is 0 Å². The van der Waals surface area contributed by atoms with Gasteiger partial charge in [-0.1, -0.05) is 48.5 Å². The largest absolute Gasteiger partial charge is 0.508 e. The monoisotopic (exact) mass is 1240 g/mol. The molecule has 0 aliphatic carbocycles. The van der Waals surface area contributed by atoms with Crippen molar-refractivity contribution in [2.24, 2.45) is 0 Å². The second kappa shape index (κ2) is 30.1. The van der Waals surface area contributed by atoms with Crippen LogP contribution in [-0.4, -0.2) is 247 Å². The molecule has 0 saturated carbocycles. The molecule has 29 nitrogen and oxygen atoms in total. The van der Waals surface area contributed by atoms with Crippen LogP contribution in [0.1, 0.15) is 27.0 Å². The van der Waals surface area contributed by atoms with Crippen molar-refractivity contribution in [2.75, 3.05) is 40.1 Å². The number of phenols is 3. The molecule has 19 unspecified atom stereocenters. The molecule has 4 aliphatic heterocycles. The molecule has 19 atom stereocenters. The minimum absolute atomic E-state index is 0.000388. The Morgan fingerprint density at radius 2 is 1.02 bits per heavy atom. The Morgan fingerprint density at radius 1 is 0.511 bits per heavy atom. The molecule has 4 saturated heterocycles. The van der Waals surface area contributed by atoms with Crippen LogP contribution in [0.4, 0.5) is 0 Å². The first-order chi connectivity index (χ1) is 42.1. The molecule has 0 bridgehead atoms. The summed E-state index contributed by atoms with van der Waals surface area (Å²) in [5.74, 6) is -7.92. The van der Waals surface area contributed by atoms with Crippen molar-refractivity contribution >= 4 is 42.1 Å². The molecule has 4 fully saturated rings. The molecular formula is C59H66O29. The van der Waals surface area contributed by atoms with Gasteiger partial charge < -0.3 is 123 Å². The number of carbonyl (C=O) groups is 4. The molecule has 0 radical (unpaired) electrons. The van der Waals surface area contributed by atoms with Crippen molar-refractivity contribution in [2.45, 2.75) is 116 Å². The van der Waals surface area contributed by atoms with Gasteiger partial charge in [0.2, 0.25) is 5.79 Å². The lowest BCUT2D eigenvalue weighted by molar-refractivity contribution is -0.421. The lowest BCUT2D eigenvalue weighted by Gasteiger charge is -2.50. The summed E-state index contributed by atoms with van der Waals surface area (Å²) in [6, 6.07) is 22.3. The molecule has 29 heteroatoms. The van der Waals surface area contributed by atoms with E-state index in [4.69, 9.17) is 56.8 Å². The number of benzene rings is 4. The van der Waals surface area contributed by atoms with Gasteiger partial charge in [0.15, 0.2) is 42.6 Å². The van der Waals surface area contributed by atoms with Gasteiger partial charge in [0.25, 0.3) is 0 Å². The van der Waals surface area contributed by atoms with Crippen LogP contribution < -0.4 is 4.74 Å². The molecular weight excluding hydrogens is 1170 g/mol. The quantitative estimate of drug-likeness (QED) is 0.0218. The number of ether oxygens (including phenoxy) is 12. The highest BCUT2D eigenvalue weighted by atomic mass is 16.8. The van der Waals surface area contributed by atoms with Crippen molar-refractivity contribution in [3.63, 3.8) is 0 Å². The molecule has 0 aromatic heterocycles. The van der Waals surface area contributed by atoms with E-state index in [1.807, 2.05) is 0 Å². The molecule has 4 aromatic rings. The van der Waals surface area contributed by atoms with E-state index < -0.39 is 173 Å². The third-order valence-corrected chi connectivity index (χ3v) is 14.4. The number of esters is 4. The second-order valence-corrected chi connectivity index (χ2v) is 20.3. The van der Waals surface area contributed by atoms with Crippen molar-refractivity contribution in [1.29, 1.82) is 0 Å². The fourth-order valence-electron chi connectivity index (χ4n) is 9.64. The van der Waals surface area contributed by atoms with E-state index in [0.29, 0.717) is 11.1 Å². The normalized spacial score (nSPS) is 32.4. The summed E-state index contributed by atoms with van der Waals surface area (Å²) >= 11 is 0. The number of aliphatic hydroxyl groups excluding tert-OH is 10. The minimum atomic E-state index is -2.92. The van der Waals surface area contributed by atoms with Gasteiger partial charge >= 0.3 is 23.9 Å². The maximum absolute atomic E-state index is 14.1. The Balaban J connectivity index is 1.22. The zero-order chi connectivity index (χ0) is 63.4. The summed E-state index contributed by atoms with van der Waals surface area (Å²) in [6.07, 6.45) is -31.7. The average Bonchev–Trinajstić information content (AvgIpc) is 1.78. The van der Waals surface area contributed by atoms with Gasteiger partial charge in [-0.2, -0.15) is 0 Å². The van der Waals surface area contributed by atoms with E-state index in [1.165, 1.54) is 116 Å². The highest BCUT2D eigenvalue weighted by Gasteiger charge is 2.64. The smallest absolute Gasteiger partial charge is 0.338 e. The van der Waals surface area contributed by atoms with Crippen LogP contribution in [0, 0.1) is 0 Å². The van der Waals surface area contributed by atoms with Gasteiger partial charge in [-0.15, -0.1) is 0 Å². The predicted octanol–water partition coefficient (Wildman–Crippen LogP) is -1.96. The first-order valence-corrected chi connectivity index (χ1v) is 27.2. The highest BCUT2D eigenvalue weighted by Crippen LogP contribution is 2.42. The number of hydrogen-bond donors (Lipinski definition) is 13. The van der Waals surface area contributed by atoms with Crippen molar-refractivity contribution < 1.29 is 142 Å². The van der Waals surface area contributed by atoms with Crippen molar-refractivity contribution in [1.82, 2.24) is 0 Å². The zero-order valence-electron chi connectivity index (χ0n) is 46.5. The second-order valence-electron chi connectivity index (χ2n) is 20.3. The number of aliphatic hydroxyl groups is 10. The van der Waals surface area contributed by atoms with Gasteiger partial charge in [-0.25, -0.2) is 19.2 Å². The number of rotatable bonds is 23. The summed E-state index contributed by atoms with van der Waals surface area (Å²) in [6.45, 7) is -5.37. The fourth-order valence-corrected chi connectivity index (χ4v) is 9.64. The molecule has 8 rings (SSSR count). The van der Waals surface area contributed by atoms with Gasteiger partial charge in [0.1, 0.15) is 104 Å². The molecule has 0 spiro atoms. The number of aromatic hydroxyl groups is 3. The zero-order valence-corrected chi connectivity index (χ0v) is 46.5. The molecule has 4 heterocycles. The van der Waals surface area contributed by atoms with Gasteiger partial charge in [-0.05, 0) is 83.4 Å². The Morgan fingerprint density at radius 3 is 1.60 bits per heavy atom. The van der Waals surface area contributed by atoms with Crippen molar-refractivity contribution in [3.8, 4) is 23.0 Å². The number of hydrogen-bond acceptors (Lipinski definition) is 29. The predicted molar refractivity (Wildman–Crippen MR) is 293 cm³/mol. The number of methoxy groups -OCH3 is 1. The number of carbonyl (C=O) groups excluding carboxylic acids is 4. The van der Waals surface area contributed by atoms with E-state index in [0.717, 1.165) is 18.2 Å². The SMILES string of the molecule is COc1cc(C=CC(=O)OC2C(CO)OC(OC3(COC(=O)C=Cc4ccc(O)cc4)OC(CO)C(O)C3OC(=O)c3ccccc3)C(OC3OC(CO)C(O)C(O)C3O)C2OC2OC(COC(=O)C=Cc3ccc(O)cc3)C(O)C(O)C2O)ccc1O. The minimum Gasteiger partial charge on any atom is -0.508 e. The molecule has 4 aromatic carbocycles. The molecule has 0 amide bonds. The first-order valence-electron chi connectivity index (χ1n) is 27.2. The lowest BCUT2D eigenvalue weighted by Crippen LogP contribution is -2.69. The summed E-state index contributed by atoms with van der Waals surface area (Å²) < 4.78 is 71.3. The Kier molecular flexibility index (Phi) is 22.8. The van der Waals surface area contributed by atoms with Gasteiger partial charge in [-0.3, -0.25) is 0 Å². The molecule has 13 N–H and O–H groups in total. The van der Waals surface area contributed by atoms with Crippen LogP contribution in [0.15, 0.2) is 115 Å². The Hall–Kier alpha value is -7.50. The van der Waals surface area contributed by atoms with Crippen molar-refractivity contribution in [3.05, 3.63) is 138 Å². The third kappa shape index (κ3) is 16.0. The van der Waals surface area contributed by atoms with E-state index >= 15 is 0 Å². The van der Waals surface area contributed by atoms with E-state index in [1.54, 1.807) is 6.07 Å². The fraction of sp³-hybridized carbons (Fsp3) is 0.424. The maximum atomic E-state index is 14.1. The van der Waals surface area contributed by atoms with Gasteiger partial charge in [0.05, 0.1) is 32.5 Å². The Bertz CT molecular complexity index is 3050. The summed E-state index contributed by atoms with van der Waals surface area (Å²) in [4.78, 5) is 54.7.